The first-order valence-electron chi connectivity index (χ1n) is 11.2. The summed E-state index contributed by atoms with van der Waals surface area (Å²) in [6, 6.07) is 16.1. The van der Waals surface area contributed by atoms with E-state index >= 15 is 0 Å². The lowest BCUT2D eigenvalue weighted by molar-refractivity contribution is -0.137. The average Bonchev–Trinajstić information content (AvgIpc) is 2.85. The maximum atomic E-state index is 13.4. The molecular weight excluding hydrogens is 493 g/mol. The van der Waals surface area contributed by atoms with E-state index in [2.05, 4.69) is 5.32 Å². The molecule has 1 atom stereocenters. The van der Waals surface area contributed by atoms with Crippen LogP contribution in [0.5, 0.6) is 5.75 Å². The van der Waals surface area contributed by atoms with Crippen LogP contribution in [0.15, 0.2) is 77.7 Å². The van der Waals surface area contributed by atoms with E-state index in [9.17, 15) is 26.4 Å². The SMILES string of the molecule is CC[C@@H](NC(=O)CN(c1cccc(C(F)(F)F)c1)S(=O)(=O)c1ccccc1)c1ccc(OC)c(C)c1. The van der Waals surface area contributed by atoms with Gasteiger partial charge in [-0.05, 0) is 60.9 Å². The number of alkyl halides is 3. The van der Waals surface area contributed by atoms with E-state index in [1.807, 2.05) is 19.9 Å². The zero-order valence-corrected chi connectivity index (χ0v) is 20.9. The molecule has 36 heavy (non-hydrogen) atoms. The van der Waals surface area contributed by atoms with Crippen LogP contribution in [0.3, 0.4) is 0 Å². The summed E-state index contributed by atoms with van der Waals surface area (Å²) in [5.74, 6) is 0.0249. The Kier molecular flexibility index (Phi) is 8.29. The van der Waals surface area contributed by atoms with Gasteiger partial charge in [0.1, 0.15) is 12.3 Å². The number of aryl methyl sites for hydroxylation is 1. The number of amides is 1. The predicted octanol–water partition coefficient (Wildman–Crippen LogP) is 5.49. The maximum absolute atomic E-state index is 13.4. The average molecular weight is 521 g/mol. The molecule has 0 saturated heterocycles. The molecule has 192 valence electrons. The molecule has 3 aromatic rings. The normalized spacial score (nSPS) is 12.6. The summed E-state index contributed by atoms with van der Waals surface area (Å²) >= 11 is 0. The molecule has 0 heterocycles. The van der Waals surface area contributed by atoms with Crippen molar-refractivity contribution in [1.82, 2.24) is 5.32 Å². The number of hydrogen-bond donors (Lipinski definition) is 1. The van der Waals surface area contributed by atoms with Gasteiger partial charge in [-0.1, -0.05) is 43.3 Å². The second kappa shape index (κ2) is 11.0. The van der Waals surface area contributed by atoms with Gasteiger partial charge in [-0.25, -0.2) is 8.42 Å². The molecule has 0 radical (unpaired) electrons. The highest BCUT2D eigenvalue weighted by atomic mass is 32.2. The number of anilines is 1. The van der Waals surface area contributed by atoms with Gasteiger partial charge in [0.25, 0.3) is 10.0 Å². The highest BCUT2D eigenvalue weighted by Gasteiger charge is 2.33. The zero-order valence-electron chi connectivity index (χ0n) is 20.0. The fraction of sp³-hybridized carbons (Fsp3) is 0.269. The Bertz CT molecular complexity index is 1310. The first-order chi connectivity index (χ1) is 17.0. The highest BCUT2D eigenvalue weighted by Crippen LogP contribution is 2.33. The number of benzene rings is 3. The fourth-order valence-electron chi connectivity index (χ4n) is 3.78. The van der Waals surface area contributed by atoms with Crippen LogP contribution in [-0.4, -0.2) is 28.0 Å². The summed E-state index contributed by atoms with van der Waals surface area (Å²) in [4.78, 5) is 12.9. The van der Waals surface area contributed by atoms with Crippen molar-refractivity contribution in [2.45, 2.75) is 37.4 Å². The topological polar surface area (TPSA) is 75.7 Å². The molecule has 0 saturated carbocycles. The maximum Gasteiger partial charge on any atom is 0.416 e. The van der Waals surface area contributed by atoms with Gasteiger partial charge < -0.3 is 10.1 Å². The second-order valence-corrected chi connectivity index (χ2v) is 9.99. The molecule has 0 fully saturated rings. The van der Waals surface area contributed by atoms with E-state index in [0.29, 0.717) is 16.5 Å². The first kappa shape index (κ1) is 27.1. The highest BCUT2D eigenvalue weighted by molar-refractivity contribution is 7.92. The minimum absolute atomic E-state index is 0.145. The Morgan fingerprint density at radius 1 is 1.03 bits per heavy atom. The van der Waals surface area contributed by atoms with Crippen molar-refractivity contribution in [2.24, 2.45) is 0 Å². The monoisotopic (exact) mass is 520 g/mol. The third-order valence-corrected chi connectivity index (χ3v) is 7.43. The van der Waals surface area contributed by atoms with Gasteiger partial charge in [-0.15, -0.1) is 0 Å². The fourth-order valence-corrected chi connectivity index (χ4v) is 5.22. The number of methoxy groups -OCH3 is 1. The van der Waals surface area contributed by atoms with Crippen LogP contribution < -0.4 is 14.4 Å². The molecule has 6 nitrogen and oxygen atoms in total. The predicted molar refractivity (Wildman–Crippen MR) is 131 cm³/mol. The van der Waals surface area contributed by atoms with Gasteiger partial charge in [-0.3, -0.25) is 9.10 Å². The van der Waals surface area contributed by atoms with E-state index in [1.54, 1.807) is 25.3 Å². The van der Waals surface area contributed by atoms with Crippen molar-refractivity contribution >= 4 is 21.6 Å². The largest absolute Gasteiger partial charge is 0.496 e. The second-order valence-electron chi connectivity index (χ2n) is 8.13. The summed E-state index contributed by atoms with van der Waals surface area (Å²) in [5.41, 5.74) is 0.367. The van der Waals surface area contributed by atoms with Gasteiger partial charge in [0.15, 0.2) is 0 Å². The third-order valence-electron chi connectivity index (χ3n) is 5.64. The summed E-state index contributed by atoms with van der Waals surface area (Å²) in [7, 11) is -2.79. The molecule has 3 rings (SSSR count). The van der Waals surface area contributed by atoms with Gasteiger partial charge in [-0.2, -0.15) is 13.2 Å². The van der Waals surface area contributed by atoms with E-state index in [-0.39, 0.29) is 10.6 Å². The van der Waals surface area contributed by atoms with Gasteiger partial charge in [0.2, 0.25) is 5.91 Å². The number of ether oxygens (including phenoxy) is 1. The van der Waals surface area contributed by atoms with Crippen LogP contribution in [0.25, 0.3) is 0 Å². The Morgan fingerprint density at radius 3 is 2.31 bits per heavy atom. The molecule has 0 aliphatic carbocycles. The van der Waals surface area contributed by atoms with Crippen LogP contribution >= 0.6 is 0 Å². The van der Waals surface area contributed by atoms with Crippen molar-refractivity contribution in [3.05, 3.63) is 89.5 Å². The van der Waals surface area contributed by atoms with Crippen LogP contribution in [0.4, 0.5) is 18.9 Å². The smallest absolute Gasteiger partial charge is 0.416 e. The van der Waals surface area contributed by atoms with Crippen LogP contribution in [0.1, 0.15) is 36.1 Å². The Morgan fingerprint density at radius 2 is 1.72 bits per heavy atom. The summed E-state index contributed by atoms with van der Waals surface area (Å²) in [6.07, 6.45) is -4.17. The quantitative estimate of drug-likeness (QED) is 0.405. The molecule has 0 aliphatic rings. The third kappa shape index (κ3) is 6.17. The zero-order chi connectivity index (χ0) is 26.5. The molecule has 0 aromatic heterocycles. The molecule has 0 bridgehead atoms. The molecular formula is C26H27F3N2O4S. The van der Waals surface area contributed by atoms with E-state index < -0.39 is 40.3 Å². The van der Waals surface area contributed by atoms with Crippen LogP contribution in [0, 0.1) is 6.92 Å². The van der Waals surface area contributed by atoms with Crippen LogP contribution in [0.2, 0.25) is 0 Å². The molecule has 1 N–H and O–H groups in total. The van der Waals surface area contributed by atoms with Crippen molar-refractivity contribution < 1.29 is 31.1 Å². The van der Waals surface area contributed by atoms with E-state index in [1.165, 1.54) is 30.3 Å². The Labute approximate surface area is 208 Å². The Balaban J connectivity index is 1.95. The number of sulfonamides is 1. The number of rotatable bonds is 9. The molecule has 10 heteroatoms. The summed E-state index contributed by atoms with van der Waals surface area (Å²) in [6.45, 7) is 3.01. The standard InChI is InChI=1S/C26H27F3N2O4S/c1-4-23(19-13-14-24(35-3)18(2)15-19)30-25(32)17-31(36(33,34)22-11-6-5-7-12-22)21-10-8-9-20(16-21)26(27,28)29/h5-16,23H,4,17H2,1-3H3,(H,30,32)/t23-/m1/s1. The number of nitrogens with one attached hydrogen (secondary N) is 1. The molecule has 0 spiro atoms. The lowest BCUT2D eigenvalue weighted by Crippen LogP contribution is -2.42. The van der Waals surface area contributed by atoms with Gasteiger partial charge in [0.05, 0.1) is 29.3 Å². The number of carbonyl (C=O) groups excluding carboxylic acids is 1. The summed E-state index contributed by atoms with van der Waals surface area (Å²) in [5, 5.41) is 2.81. The molecule has 1 amide bonds. The number of nitrogens with zero attached hydrogens (tertiary/aromatic N) is 1. The number of halogens is 3. The molecule has 0 aliphatic heterocycles. The number of hydrogen-bond acceptors (Lipinski definition) is 4. The minimum Gasteiger partial charge on any atom is -0.496 e. The van der Waals surface area contributed by atoms with E-state index in [0.717, 1.165) is 29.3 Å². The van der Waals surface area contributed by atoms with Gasteiger partial charge in [0, 0.05) is 0 Å². The van der Waals surface area contributed by atoms with Crippen molar-refractivity contribution in [1.29, 1.82) is 0 Å². The van der Waals surface area contributed by atoms with Crippen molar-refractivity contribution in [3.63, 3.8) is 0 Å². The van der Waals surface area contributed by atoms with Gasteiger partial charge >= 0.3 is 6.18 Å². The lowest BCUT2D eigenvalue weighted by atomic mass is 10.0. The van der Waals surface area contributed by atoms with Crippen molar-refractivity contribution in [2.75, 3.05) is 18.0 Å². The van der Waals surface area contributed by atoms with Crippen LogP contribution in [-0.2, 0) is 21.0 Å². The Hall–Kier alpha value is -3.53. The molecule has 0 unspecified atom stereocenters. The molecule has 3 aromatic carbocycles. The van der Waals surface area contributed by atoms with Crippen molar-refractivity contribution in [3.8, 4) is 5.75 Å². The van der Waals surface area contributed by atoms with E-state index in [4.69, 9.17) is 4.74 Å². The lowest BCUT2D eigenvalue weighted by Gasteiger charge is -2.26. The minimum atomic E-state index is -4.68. The first-order valence-corrected chi connectivity index (χ1v) is 12.6. The summed E-state index contributed by atoms with van der Waals surface area (Å²) < 4.78 is 72.9. The number of carbonyl (C=O) groups is 1.